The van der Waals surface area contributed by atoms with Crippen LogP contribution in [0.3, 0.4) is 0 Å². The van der Waals surface area contributed by atoms with Gasteiger partial charge < -0.3 is 9.47 Å². The third-order valence-electron chi connectivity index (χ3n) is 2.31. The summed E-state index contributed by atoms with van der Waals surface area (Å²) in [6.45, 7) is 5.22. The van der Waals surface area contributed by atoms with Gasteiger partial charge in [-0.1, -0.05) is 35.8 Å². The van der Waals surface area contributed by atoms with Crippen LogP contribution in [0.15, 0.2) is 22.7 Å². The molecule has 0 N–H and O–H groups in total. The van der Waals surface area contributed by atoms with Crippen LogP contribution >= 0.6 is 15.9 Å². The minimum absolute atomic E-state index is 0.129. The predicted octanol–water partition coefficient (Wildman–Crippen LogP) is 3.69. The Morgan fingerprint density at radius 1 is 1.42 bits per heavy atom. The van der Waals surface area contributed by atoms with Crippen molar-refractivity contribution < 1.29 is 18.7 Å². The molecule has 0 fully saturated rings. The average molecular weight is 333 g/mol. The number of carbonyl (C=O) groups is 1. The molecule has 1 aromatic rings. The lowest BCUT2D eigenvalue weighted by atomic mass is 10.2. The molecule has 0 aliphatic rings. The first-order valence-electron chi connectivity index (χ1n) is 6.16. The molecule has 0 aliphatic heterocycles. The SMILES string of the molecule is CC(C)COCCC(=O)OCc1ccc(F)cc1Br. The van der Waals surface area contributed by atoms with Crippen LogP contribution in [0.25, 0.3) is 0 Å². The highest BCUT2D eigenvalue weighted by Crippen LogP contribution is 2.18. The topological polar surface area (TPSA) is 35.5 Å². The van der Waals surface area contributed by atoms with Crippen LogP contribution in [0, 0.1) is 11.7 Å². The minimum atomic E-state index is -0.330. The predicted molar refractivity (Wildman–Crippen MR) is 74.2 cm³/mol. The molecular formula is C14H18BrFO3. The van der Waals surface area contributed by atoms with Crippen LogP contribution in [-0.2, 0) is 20.9 Å². The van der Waals surface area contributed by atoms with E-state index in [0.29, 0.717) is 23.6 Å². The molecule has 0 bridgehead atoms. The van der Waals surface area contributed by atoms with Gasteiger partial charge in [0.05, 0.1) is 13.0 Å². The van der Waals surface area contributed by atoms with Crippen molar-refractivity contribution in [3.05, 3.63) is 34.1 Å². The summed E-state index contributed by atoms with van der Waals surface area (Å²) in [5, 5.41) is 0. The van der Waals surface area contributed by atoms with Gasteiger partial charge in [0.15, 0.2) is 0 Å². The smallest absolute Gasteiger partial charge is 0.308 e. The molecule has 5 heteroatoms. The molecule has 0 aromatic heterocycles. The summed E-state index contributed by atoms with van der Waals surface area (Å²) < 4.78 is 23.8. The second kappa shape index (κ2) is 8.27. The summed E-state index contributed by atoms with van der Waals surface area (Å²) in [6.07, 6.45) is 0.228. The molecule has 0 atom stereocenters. The lowest BCUT2D eigenvalue weighted by Gasteiger charge is -2.08. The molecular weight excluding hydrogens is 315 g/mol. The second-order valence-electron chi connectivity index (χ2n) is 4.62. The first-order valence-corrected chi connectivity index (χ1v) is 6.95. The zero-order chi connectivity index (χ0) is 14.3. The summed E-state index contributed by atoms with van der Waals surface area (Å²) in [6, 6.07) is 4.26. The summed E-state index contributed by atoms with van der Waals surface area (Å²) in [5.74, 6) is -0.199. The van der Waals surface area contributed by atoms with Crippen LogP contribution < -0.4 is 0 Å². The Labute approximate surface area is 121 Å². The van der Waals surface area contributed by atoms with Gasteiger partial charge in [0, 0.05) is 16.6 Å². The minimum Gasteiger partial charge on any atom is -0.461 e. The van der Waals surface area contributed by atoms with Crippen molar-refractivity contribution >= 4 is 21.9 Å². The van der Waals surface area contributed by atoms with Crippen LogP contribution in [-0.4, -0.2) is 19.2 Å². The fourth-order valence-corrected chi connectivity index (χ4v) is 1.81. The van der Waals surface area contributed by atoms with Gasteiger partial charge in [0.25, 0.3) is 0 Å². The zero-order valence-electron chi connectivity index (χ0n) is 11.1. The summed E-state index contributed by atoms with van der Waals surface area (Å²) >= 11 is 3.22. The Kier molecular flexibility index (Phi) is 7.02. The monoisotopic (exact) mass is 332 g/mol. The van der Waals surface area contributed by atoms with Crippen molar-refractivity contribution in [2.45, 2.75) is 26.9 Å². The maximum absolute atomic E-state index is 12.9. The number of carbonyl (C=O) groups excluding carboxylic acids is 1. The number of halogens is 2. The first kappa shape index (κ1) is 16.1. The van der Waals surface area contributed by atoms with E-state index in [9.17, 15) is 9.18 Å². The molecule has 0 aliphatic carbocycles. The van der Waals surface area contributed by atoms with E-state index < -0.39 is 0 Å². The van der Waals surface area contributed by atoms with Gasteiger partial charge in [0.1, 0.15) is 12.4 Å². The van der Waals surface area contributed by atoms with E-state index in [1.807, 2.05) is 13.8 Å². The third kappa shape index (κ3) is 6.68. The van der Waals surface area contributed by atoms with Crippen molar-refractivity contribution in [1.29, 1.82) is 0 Å². The number of hydrogen-bond donors (Lipinski definition) is 0. The van der Waals surface area contributed by atoms with Crippen LogP contribution in [0.1, 0.15) is 25.8 Å². The molecule has 0 amide bonds. The molecule has 3 nitrogen and oxygen atoms in total. The maximum Gasteiger partial charge on any atom is 0.308 e. The van der Waals surface area contributed by atoms with Gasteiger partial charge in [0.2, 0.25) is 0 Å². The van der Waals surface area contributed by atoms with Crippen LogP contribution in [0.4, 0.5) is 4.39 Å². The Balaban J connectivity index is 2.26. The van der Waals surface area contributed by atoms with E-state index in [2.05, 4.69) is 15.9 Å². The van der Waals surface area contributed by atoms with E-state index >= 15 is 0 Å². The van der Waals surface area contributed by atoms with Gasteiger partial charge in [-0.25, -0.2) is 4.39 Å². The third-order valence-corrected chi connectivity index (χ3v) is 3.04. The highest BCUT2D eigenvalue weighted by Gasteiger charge is 2.07. The Bertz CT molecular complexity index is 421. The van der Waals surface area contributed by atoms with E-state index in [1.165, 1.54) is 12.1 Å². The van der Waals surface area contributed by atoms with Crippen molar-refractivity contribution in [2.75, 3.05) is 13.2 Å². The summed E-state index contributed by atoms with van der Waals surface area (Å²) in [5.41, 5.74) is 0.734. The van der Waals surface area contributed by atoms with Gasteiger partial charge >= 0.3 is 5.97 Å². The van der Waals surface area contributed by atoms with Gasteiger partial charge in [-0.3, -0.25) is 4.79 Å². The Hall–Kier alpha value is -0.940. The highest BCUT2D eigenvalue weighted by atomic mass is 79.9. The Morgan fingerprint density at radius 2 is 2.16 bits per heavy atom. The molecule has 0 radical (unpaired) electrons. The second-order valence-corrected chi connectivity index (χ2v) is 5.47. The normalized spacial score (nSPS) is 10.8. The number of esters is 1. The fraction of sp³-hybridized carbons (Fsp3) is 0.500. The molecule has 0 spiro atoms. The van der Waals surface area contributed by atoms with Gasteiger partial charge in [-0.15, -0.1) is 0 Å². The Morgan fingerprint density at radius 3 is 2.79 bits per heavy atom. The summed E-state index contributed by atoms with van der Waals surface area (Å²) in [4.78, 5) is 11.4. The van der Waals surface area contributed by atoms with E-state index in [0.717, 1.165) is 5.56 Å². The first-order chi connectivity index (χ1) is 8.99. The van der Waals surface area contributed by atoms with Gasteiger partial charge in [-0.05, 0) is 18.1 Å². The van der Waals surface area contributed by atoms with Gasteiger partial charge in [-0.2, -0.15) is 0 Å². The van der Waals surface area contributed by atoms with Crippen LogP contribution in [0.2, 0.25) is 0 Å². The maximum atomic E-state index is 12.9. The lowest BCUT2D eigenvalue weighted by molar-refractivity contribution is -0.146. The van der Waals surface area contributed by atoms with Crippen LogP contribution in [0.5, 0.6) is 0 Å². The lowest BCUT2D eigenvalue weighted by Crippen LogP contribution is -2.10. The van der Waals surface area contributed by atoms with E-state index in [-0.39, 0.29) is 24.8 Å². The van der Waals surface area contributed by atoms with Crippen molar-refractivity contribution in [3.63, 3.8) is 0 Å². The standard InChI is InChI=1S/C14H18BrFO3/c1-10(2)8-18-6-5-14(17)19-9-11-3-4-12(16)7-13(11)15/h3-4,7,10H,5-6,8-9H2,1-2H3. The summed E-state index contributed by atoms with van der Waals surface area (Å²) in [7, 11) is 0. The largest absolute Gasteiger partial charge is 0.461 e. The van der Waals surface area contributed by atoms with Crippen molar-refractivity contribution in [1.82, 2.24) is 0 Å². The highest BCUT2D eigenvalue weighted by molar-refractivity contribution is 9.10. The molecule has 1 rings (SSSR count). The molecule has 19 heavy (non-hydrogen) atoms. The fourth-order valence-electron chi connectivity index (χ4n) is 1.34. The molecule has 106 valence electrons. The average Bonchev–Trinajstić information content (AvgIpc) is 2.33. The van der Waals surface area contributed by atoms with Crippen molar-refractivity contribution in [3.8, 4) is 0 Å². The van der Waals surface area contributed by atoms with E-state index in [4.69, 9.17) is 9.47 Å². The number of ether oxygens (including phenoxy) is 2. The zero-order valence-corrected chi connectivity index (χ0v) is 12.7. The number of hydrogen-bond acceptors (Lipinski definition) is 3. The quantitative estimate of drug-likeness (QED) is 0.564. The molecule has 0 unspecified atom stereocenters. The van der Waals surface area contributed by atoms with E-state index in [1.54, 1.807) is 6.07 Å². The molecule has 0 saturated carbocycles. The number of benzene rings is 1. The molecule has 1 aromatic carbocycles. The molecule has 0 heterocycles. The molecule has 0 saturated heterocycles. The van der Waals surface area contributed by atoms with Crippen molar-refractivity contribution in [2.24, 2.45) is 5.92 Å². The number of rotatable bonds is 7.